The summed E-state index contributed by atoms with van der Waals surface area (Å²) in [5.74, 6) is -0.310. The molecule has 0 bridgehead atoms. The molecular formula is C27H32F2N2O2. The van der Waals surface area contributed by atoms with Gasteiger partial charge in [0.15, 0.2) is 0 Å². The third-order valence-electron chi connectivity index (χ3n) is 7.27. The Balaban J connectivity index is 1.16. The molecule has 4 nitrogen and oxygen atoms in total. The molecule has 2 aliphatic rings. The molecule has 176 valence electrons. The lowest BCUT2D eigenvalue weighted by molar-refractivity contribution is 0.0914. The van der Waals surface area contributed by atoms with Gasteiger partial charge >= 0.3 is 0 Å². The average Bonchev–Trinajstić information content (AvgIpc) is 2.82. The number of halogens is 2. The summed E-state index contributed by atoms with van der Waals surface area (Å²) < 4.78 is 27.6. The fraction of sp³-hybridized carbons (Fsp3) is 0.481. The van der Waals surface area contributed by atoms with E-state index in [1.165, 1.54) is 30.7 Å². The van der Waals surface area contributed by atoms with Gasteiger partial charge < -0.3 is 10.6 Å². The molecule has 2 aromatic rings. The lowest BCUT2D eigenvalue weighted by Crippen LogP contribution is -2.39. The van der Waals surface area contributed by atoms with Crippen molar-refractivity contribution in [2.75, 3.05) is 0 Å². The number of amides is 2. The normalized spacial score (nSPS) is 25.3. The van der Waals surface area contributed by atoms with Crippen molar-refractivity contribution in [3.8, 4) is 0 Å². The van der Waals surface area contributed by atoms with Crippen LogP contribution >= 0.6 is 0 Å². The summed E-state index contributed by atoms with van der Waals surface area (Å²) in [4.78, 5) is 24.7. The molecular weight excluding hydrogens is 422 g/mol. The van der Waals surface area contributed by atoms with Crippen LogP contribution in [0.2, 0.25) is 0 Å². The van der Waals surface area contributed by atoms with E-state index in [1.807, 2.05) is 0 Å². The first kappa shape index (κ1) is 23.4. The smallest absolute Gasteiger partial charge is 0.254 e. The number of benzene rings is 2. The molecule has 0 aliphatic heterocycles. The van der Waals surface area contributed by atoms with E-state index >= 15 is 0 Å². The van der Waals surface area contributed by atoms with E-state index < -0.39 is 11.6 Å². The Morgan fingerprint density at radius 3 is 1.36 bits per heavy atom. The highest BCUT2D eigenvalue weighted by atomic mass is 19.1. The van der Waals surface area contributed by atoms with Gasteiger partial charge in [-0.05, 0) is 93.9 Å². The molecule has 0 aromatic heterocycles. The predicted octanol–water partition coefficient (Wildman–Crippen LogP) is 5.63. The molecule has 4 rings (SSSR count). The summed E-state index contributed by atoms with van der Waals surface area (Å²) in [7, 11) is 0. The van der Waals surface area contributed by atoms with Crippen molar-refractivity contribution in [2.24, 2.45) is 11.8 Å². The first-order valence-electron chi connectivity index (χ1n) is 12.1. The Hall–Kier alpha value is -2.76. The maximum Gasteiger partial charge on any atom is 0.254 e. The third kappa shape index (κ3) is 6.18. The highest BCUT2D eigenvalue weighted by Crippen LogP contribution is 2.35. The van der Waals surface area contributed by atoms with Gasteiger partial charge in [0, 0.05) is 12.1 Å². The monoisotopic (exact) mass is 454 g/mol. The third-order valence-corrected chi connectivity index (χ3v) is 7.27. The van der Waals surface area contributed by atoms with E-state index in [0.29, 0.717) is 11.8 Å². The van der Waals surface area contributed by atoms with Gasteiger partial charge in [0.1, 0.15) is 11.6 Å². The largest absolute Gasteiger partial charge is 0.349 e. The molecule has 0 radical (unpaired) electrons. The first-order valence-corrected chi connectivity index (χ1v) is 12.1. The van der Waals surface area contributed by atoms with Crippen LogP contribution in [0.4, 0.5) is 8.78 Å². The second kappa shape index (κ2) is 10.9. The van der Waals surface area contributed by atoms with Gasteiger partial charge in [-0.3, -0.25) is 9.59 Å². The molecule has 0 atom stereocenters. The summed E-state index contributed by atoms with van der Waals surface area (Å²) in [5, 5.41) is 5.99. The average molecular weight is 455 g/mol. The van der Waals surface area contributed by atoms with Crippen LogP contribution in [-0.2, 0) is 0 Å². The molecule has 33 heavy (non-hydrogen) atoms. The zero-order valence-electron chi connectivity index (χ0n) is 18.9. The summed E-state index contributed by atoms with van der Waals surface area (Å²) in [6.45, 7) is 0. The SMILES string of the molecule is O=C(NC1CCC(CC2CCC(NC(=O)c3ccccc3F)CC2)CC1)c1ccccc1F. The van der Waals surface area contributed by atoms with E-state index in [4.69, 9.17) is 0 Å². The standard InChI is InChI=1S/C27H32F2N2O2/c28-24-7-3-1-5-22(24)26(32)30-20-13-9-18(10-14-20)17-19-11-15-21(16-12-19)31-27(33)23-6-2-4-8-25(23)29/h1-8,18-21H,9-17H2,(H,30,32)(H,31,33). The van der Waals surface area contributed by atoms with E-state index in [9.17, 15) is 18.4 Å². The fourth-order valence-electron chi connectivity index (χ4n) is 5.37. The summed E-state index contributed by atoms with van der Waals surface area (Å²) in [6.07, 6.45) is 9.20. The fourth-order valence-corrected chi connectivity index (χ4v) is 5.37. The summed E-state index contributed by atoms with van der Waals surface area (Å²) in [6, 6.07) is 12.4. The topological polar surface area (TPSA) is 58.2 Å². The van der Waals surface area contributed by atoms with Gasteiger partial charge in [-0.25, -0.2) is 8.78 Å². The van der Waals surface area contributed by atoms with Crippen LogP contribution in [0.5, 0.6) is 0 Å². The molecule has 2 amide bonds. The Morgan fingerprint density at radius 2 is 1.00 bits per heavy atom. The Labute approximate surface area is 194 Å². The minimum atomic E-state index is -0.482. The Kier molecular flexibility index (Phi) is 7.73. The molecule has 6 heteroatoms. The maximum absolute atomic E-state index is 13.8. The van der Waals surface area contributed by atoms with Gasteiger partial charge in [0.2, 0.25) is 0 Å². The highest BCUT2D eigenvalue weighted by molar-refractivity contribution is 5.95. The number of carbonyl (C=O) groups excluding carboxylic acids is 2. The van der Waals surface area contributed by atoms with Crippen LogP contribution in [-0.4, -0.2) is 23.9 Å². The van der Waals surface area contributed by atoms with E-state index in [1.54, 1.807) is 24.3 Å². The molecule has 0 saturated heterocycles. The van der Waals surface area contributed by atoms with Crippen LogP contribution in [0.3, 0.4) is 0 Å². The van der Waals surface area contributed by atoms with Crippen LogP contribution < -0.4 is 10.6 Å². The highest BCUT2D eigenvalue weighted by Gasteiger charge is 2.28. The first-order chi connectivity index (χ1) is 16.0. The number of carbonyl (C=O) groups is 2. The van der Waals surface area contributed by atoms with Crippen molar-refractivity contribution >= 4 is 11.8 Å². The van der Waals surface area contributed by atoms with Crippen LogP contribution in [0, 0.1) is 23.5 Å². The molecule has 2 saturated carbocycles. The minimum absolute atomic E-state index is 0.109. The number of hydrogen-bond acceptors (Lipinski definition) is 2. The van der Waals surface area contributed by atoms with E-state index in [0.717, 1.165) is 51.4 Å². The molecule has 2 aromatic carbocycles. The van der Waals surface area contributed by atoms with Crippen molar-refractivity contribution < 1.29 is 18.4 Å². The molecule has 0 unspecified atom stereocenters. The van der Waals surface area contributed by atoms with Crippen molar-refractivity contribution in [1.29, 1.82) is 0 Å². The molecule has 2 N–H and O–H groups in total. The van der Waals surface area contributed by atoms with Crippen LogP contribution in [0.15, 0.2) is 48.5 Å². The minimum Gasteiger partial charge on any atom is -0.349 e. The quantitative estimate of drug-likeness (QED) is 0.594. The predicted molar refractivity (Wildman–Crippen MR) is 124 cm³/mol. The molecule has 2 fully saturated rings. The van der Waals surface area contributed by atoms with Gasteiger partial charge in [0.05, 0.1) is 11.1 Å². The van der Waals surface area contributed by atoms with Gasteiger partial charge in [-0.2, -0.15) is 0 Å². The van der Waals surface area contributed by atoms with Gasteiger partial charge in [-0.15, -0.1) is 0 Å². The number of rotatable bonds is 6. The lowest BCUT2D eigenvalue weighted by atomic mass is 9.75. The van der Waals surface area contributed by atoms with Gasteiger partial charge in [0.25, 0.3) is 11.8 Å². The number of hydrogen-bond donors (Lipinski definition) is 2. The van der Waals surface area contributed by atoms with Crippen LogP contribution in [0.1, 0.15) is 78.5 Å². The number of nitrogens with one attached hydrogen (secondary N) is 2. The van der Waals surface area contributed by atoms with Crippen LogP contribution in [0.25, 0.3) is 0 Å². The Morgan fingerprint density at radius 1 is 0.636 bits per heavy atom. The Bertz CT molecular complexity index is 887. The maximum atomic E-state index is 13.8. The van der Waals surface area contributed by atoms with Crippen molar-refractivity contribution in [1.82, 2.24) is 10.6 Å². The van der Waals surface area contributed by atoms with Gasteiger partial charge in [-0.1, -0.05) is 24.3 Å². The zero-order valence-corrected chi connectivity index (χ0v) is 18.9. The van der Waals surface area contributed by atoms with E-state index in [2.05, 4.69) is 10.6 Å². The second-order valence-corrected chi connectivity index (χ2v) is 9.58. The lowest BCUT2D eigenvalue weighted by Gasteiger charge is -2.34. The second-order valence-electron chi connectivity index (χ2n) is 9.58. The summed E-state index contributed by atoms with van der Waals surface area (Å²) in [5.41, 5.74) is 0.219. The van der Waals surface area contributed by atoms with Crippen molar-refractivity contribution in [3.05, 3.63) is 71.3 Å². The van der Waals surface area contributed by atoms with Crippen molar-refractivity contribution in [3.63, 3.8) is 0 Å². The van der Waals surface area contributed by atoms with E-state index in [-0.39, 0.29) is 35.0 Å². The molecule has 2 aliphatic carbocycles. The molecule has 0 heterocycles. The summed E-state index contributed by atoms with van der Waals surface area (Å²) >= 11 is 0. The molecule has 0 spiro atoms. The van der Waals surface area contributed by atoms with Crippen molar-refractivity contribution in [2.45, 2.75) is 69.9 Å². The zero-order chi connectivity index (χ0) is 23.2.